The van der Waals surface area contributed by atoms with Crippen LogP contribution >= 0.6 is 21.6 Å². The van der Waals surface area contributed by atoms with Crippen LogP contribution in [0.15, 0.2) is 0 Å². The van der Waals surface area contributed by atoms with Crippen LogP contribution in [0.3, 0.4) is 0 Å². The molecule has 0 saturated carbocycles. The zero-order valence-electron chi connectivity index (χ0n) is 5.82. The van der Waals surface area contributed by atoms with Gasteiger partial charge in [0, 0.05) is 24.6 Å². The van der Waals surface area contributed by atoms with Crippen LogP contribution in [-0.4, -0.2) is 29.7 Å². The van der Waals surface area contributed by atoms with Gasteiger partial charge >= 0.3 is 0 Å². The minimum absolute atomic E-state index is 0.711. The van der Waals surface area contributed by atoms with Crippen molar-refractivity contribution >= 4 is 21.6 Å². The van der Waals surface area contributed by atoms with Gasteiger partial charge in [0.15, 0.2) is 0 Å². The van der Waals surface area contributed by atoms with Crippen molar-refractivity contribution in [2.45, 2.75) is 0 Å². The van der Waals surface area contributed by atoms with Gasteiger partial charge < -0.3 is 5.73 Å². The van der Waals surface area contributed by atoms with E-state index in [1.165, 1.54) is 5.12 Å². The predicted octanol–water partition coefficient (Wildman–Crippen LogP) is -0.624. The summed E-state index contributed by atoms with van der Waals surface area (Å²) < 4.78 is 0. The van der Waals surface area contributed by atoms with Gasteiger partial charge in [0.05, 0.1) is 0 Å². The second-order valence-corrected chi connectivity index (χ2v) is 4.37. The molecule has 0 saturated heterocycles. The van der Waals surface area contributed by atoms with Crippen molar-refractivity contribution < 1.29 is 0 Å². The summed E-state index contributed by atoms with van der Waals surface area (Å²) in [6.45, 7) is 1.44. The summed E-state index contributed by atoms with van der Waals surface area (Å²) in [5.74, 6) is 12.3. The summed E-state index contributed by atoms with van der Waals surface area (Å²) in [7, 11) is 3.49. The largest absolute Gasteiger partial charge is 0.330 e. The standard InChI is InChI=1S/C4H14N4S2/c5-1-3-9-10-4-2-8(6)7/h1-7H2. The molecule has 0 aliphatic carbocycles. The molecule has 0 atom stereocenters. The van der Waals surface area contributed by atoms with Crippen LogP contribution in [0.4, 0.5) is 0 Å². The minimum atomic E-state index is 0.711. The SMILES string of the molecule is NCCSSCCN(N)N. The monoisotopic (exact) mass is 182 g/mol. The first-order valence-electron chi connectivity index (χ1n) is 2.98. The molecule has 0 amide bonds. The molecule has 0 aliphatic rings. The summed E-state index contributed by atoms with van der Waals surface area (Å²) in [5, 5.41) is 1.19. The predicted molar refractivity (Wildman–Crippen MR) is 49.1 cm³/mol. The molecular formula is C4H14N4S2. The summed E-state index contributed by atoms with van der Waals surface area (Å²) in [4.78, 5) is 0. The Morgan fingerprint density at radius 1 is 1.10 bits per heavy atom. The van der Waals surface area contributed by atoms with Crippen molar-refractivity contribution in [3.05, 3.63) is 0 Å². The van der Waals surface area contributed by atoms with Gasteiger partial charge in [-0.05, 0) is 0 Å². The van der Waals surface area contributed by atoms with Crippen molar-refractivity contribution in [3.63, 3.8) is 0 Å². The van der Waals surface area contributed by atoms with Crippen LogP contribution < -0.4 is 17.4 Å². The van der Waals surface area contributed by atoms with Gasteiger partial charge in [-0.25, -0.2) is 0 Å². The summed E-state index contributed by atoms with van der Waals surface area (Å²) in [5.41, 5.74) is 5.28. The average molecular weight is 182 g/mol. The van der Waals surface area contributed by atoms with E-state index in [1.54, 1.807) is 21.6 Å². The first-order chi connectivity index (χ1) is 4.77. The van der Waals surface area contributed by atoms with E-state index in [4.69, 9.17) is 17.4 Å². The van der Waals surface area contributed by atoms with E-state index in [0.29, 0.717) is 6.54 Å². The molecule has 10 heavy (non-hydrogen) atoms. The van der Waals surface area contributed by atoms with E-state index in [1.807, 2.05) is 0 Å². The highest BCUT2D eigenvalue weighted by molar-refractivity contribution is 8.76. The Hall–Kier alpha value is 0.540. The number of nitrogens with two attached hydrogens (primary N) is 3. The van der Waals surface area contributed by atoms with Gasteiger partial charge in [0.2, 0.25) is 0 Å². The third-order valence-corrected chi connectivity index (χ3v) is 3.14. The third kappa shape index (κ3) is 8.54. The van der Waals surface area contributed by atoms with E-state index in [-0.39, 0.29) is 0 Å². The first-order valence-corrected chi connectivity index (χ1v) is 5.47. The lowest BCUT2D eigenvalue weighted by molar-refractivity contribution is 0.314. The van der Waals surface area contributed by atoms with Crippen molar-refractivity contribution in [3.8, 4) is 0 Å². The van der Waals surface area contributed by atoms with Gasteiger partial charge in [-0.2, -0.15) is 5.12 Å². The maximum atomic E-state index is 5.28. The summed E-state index contributed by atoms with van der Waals surface area (Å²) >= 11 is 0. The van der Waals surface area contributed by atoms with Crippen molar-refractivity contribution in [2.75, 3.05) is 24.6 Å². The zero-order chi connectivity index (χ0) is 7.82. The molecule has 0 radical (unpaired) electrons. The summed E-state index contributed by atoms with van der Waals surface area (Å²) in [6, 6.07) is 0. The van der Waals surface area contributed by atoms with Crippen LogP contribution in [-0.2, 0) is 0 Å². The molecule has 0 aliphatic heterocycles. The molecule has 62 valence electrons. The van der Waals surface area contributed by atoms with Crippen molar-refractivity contribution in [1.29, 1.82) is 0 Å². The topological polar surface area (TPSA) is 81.3 Å². The Labute approximate surface area is 69.2 Å². The number of rotatable bonds is 6. The van der Waals surface area contributed by atoms with Gasteiger partial charge in [-0.3, -0.25) is 11.7 Å². The zero-order valence-corrected chi connectivity index (χ0v) is 7.46. The Balaban J connectivity index is 2.77. The maximum Gasteiger partial charge on any atom is 0.0382 e. The lowest BCUT2D eigenvalue weighted by atomic mass is 10.8. The number of hydrazine groups is 2. The average Bonchev–Trinajstić information content (AvgIpc) is 1.87. The smallest absolute Gasteiger partial charge is 0.0382 e. The molecule has 0 aromatic heterocycles. The van der Waals surface area contributed by atoms with Crippen LogP contribution in [0.1, 0.15) is 0 Å². The quantitative estimate of drug-likeness (QED) is 0.220. The van der Waals surface area contributed by atoms with Crippen LogP contribution in [0.25, 0.3) is 0 Å². The lowest BCUT2D eigenvalue weighted by Crippen LogP contribution is -2.39. The second kappa shape index (κ2) is 7.64. The molecule has 0 spiro atoms. The van der Waals surface area contributed by atoms with Gasteiger partial charge in [0.1, 0.15) is 0 Å². The molecule has 0 aromatic rings. The van der Waals surface area contributed by atoms with Gasteiger partial charge in [0.25, 0.3) is 0 Å². The number of hydrogen-bond donors (Lipinski definition) is 3. The highest BCUT2D eigenvalue weighted by atomic mass is 33.1. The number of nitrogens with zero attached hydrogens (tertiary/aromatic N) is 1. The molecule has 0 rings (SSSR count). The molecule has 0 heterocycles. The fourth-order valence-electron chi connectivity index (χ4n) is 0.309. The van der Waals surface area contributed by atoms with Crippen LogP contribution in [0, 0.1) is 0 Å². The maximum absolute atomic E-state index is 5.28. The third-order valence-electron chi connectivity index (χ3n) is 0.717. The minimum Gasteiger partial charge on any atom is -0.330 e. The second-order valence-electron chi connectivity index (χ2n) is 1.67. The molecule has 0 aromatic carbocycles. The molecule has 0 bridgehead atoms. The van der Waals surface area contributed by atoms with Crippen molar-refractivity contribution in [1.82, 2.24) is 5.12 Å². The number of hydrogen-bond acceptors (Lipinski definition) is 6. The fraction of sp³-hybridized carbons (Fsp3) is 1.00. The van der Waals surface area contributed by atoms with Gasteiger partial charge in [-0.1, -0.05) is 21.6 Å². The highest BCUT2D eigenvalue weighted by Crippen LogP contribution is 2.18. The first kappa shape index (κ1) is 10.5. The lowest BCUT2D eigenvalue weighted by Gasteiger charge is -2.06. The van der Waals surface area contributed by atoms with Crippen molar-refractivity contribution in [2.24, 2.45) is 17.4 Å². The Kier molecular flexibility index (Phi) is 8.06. The molecular weight excluding hydrogens is 168 g/mol. The van der Waals surface area contributed by atoms with Gasteiger partial charge in [-0.15, -0.1) is 0 Å². The molecule has 0 fully saturated rings. The normalized spacial score (nSPS) is 10.8. The molecule has 4 nitrogen and oxygen atoms in total. The van der Waals surface area contributed by atoms with E-state index in [9.17, 15) is 0 Å². The molecule has 6 heteroatoms. The van der Waals surface area contributed by atoms with Crippen LogP contribution in [0.2, 0.25) is 0 Å². The molecule has 0 unspecified atom stereocenters. The summed E-state index contributed by atoms with van der Waals surface area (Å²) in [6.07, 6.45) is 0. The Morgan fingerprint density at radius 2 is 1.70 bits per heavy atom. The van der Waals surface area contributed by atoms with E-state index in [2.05, 4.69) is 0 Å². The van der Waals surface area contributed by atoms with E-state index in [0.717, 1.165) is 18.1 Å². The molecule has 6 N–H and O–H groups in total. The van der Waals surface area contributed by atoms with E-state index < -0.39 is 0 Å². The fourth-order valence-corrected chi connectivity index (χ4v) is 2.15. The Bertz CT molecular complexity index is 70.3. The Morgan fingerprint density at radius 3 is 2.20 bits per heavy atom. The highest BCUT2D eigenvalue weighted by Gasteiger charge is 1.91. The van der Waals surface area contributed by atoms with Crippen LogP contribution in [0.5, 0.6) is 0 Å². The van der Waals surface area contributed by atoms with E-state index >= 15 is 0 Å².